The molecule has 0 fully saturated rings. The Bertz CT molecular complexity index is 502. The van der Waals surface area contributed by atoms with Crippen molar-refractivity contribution >= 4 is 5.52 Å². The third-order valence-corrected chi connectivity index (χ3v) is 2.21. The molecule has 0 aromatic carbocycles. The van der Waals surface area contributed by atoms with E-state index in [0.717, 1.165) is 18.6 Å². The highest BCUT2D eigenvalue weighted by atomic mass is 15.2. The van der Waals surface area contributed by atoms with Gasteiger partial charge in [0.25, 0.3) is 0 Å². The van der Waals surface area contributed by atoms with Gasteiger partial charge in [-0.3, -0.25) is 0 Å². The van der Waals surface area contributed by atoms with E-state index in [0.29, 0.717) is 0 Å². The molecular formula is C12H13N3. The van der Waals surface area contributed by atoms with Crippen molar-refractivity contribution in [3.63, 3.8) is 0 Å². The van der Waals surface area contributed by atoms with Crippen molar-refractivity contribution in [3.05, 3.63) is 36.2 Å². The summed E-state index contributed by atoms with van der Waals surface area (Å²) in [6, 6.07) is 6.06. The summed E-state index contributed by atoms with van der Waals surface area (Å²) >= 11 is 0. The molecule has 0 unspecified atom stereocenters. The molecule has 0 bridgehead atoms. The van der Waals surface area contributed by atoms with Gasteiger partial charge in [0.15, 0.2) is 0 Å². The zero-order valence-electron chi connectivity index (χ0n) is 8.70. The molecule has 0 aliphatic carbocycles. The van der Waals surface area contributed by atoms with E-state index in [1.807, 2.05) is 36.0 Å². The molecule has 15 heavy (non-hydrogen) atoms. The van der Waals surface area contributed by atoms with Gasteiger partial charge < -0.3 is 5.32 Å². The summed E-state index contributed by atoms with van der Waals surface area (Å²) < 4.78 is 1.88. The topological polar surface area (TPSA) is 29.3 Å². The molecular weight excluding hydrogens is 186 g/mol. The van der Waals surface area contributed by atoms with Crippen LogP contribution in [0.1, 0.15) is 12.5 Å². The second kappa shape index (κ2) is 4.63. The van der Waals surface area contributed by atoms with Gasteiger partial charge in [0.2, 0.25) is 0 Å². The Hall–Kier alpha value is -1.79. The molecule has 0 aliphatic rings. The number of fused-ring (bicyclic) bond motifs is 1. The Morgan fingerprint density at radius 1 is 1.47 bits per heavy atom. The zero-order valence-corrected chi connectivity index (χ0v) is 8.70. The minimum atomic E-state index is 0.723. The lowest BCUT2D eigenvalue weighted by molar-refractivity contribution is 0.774. The fraction of sp³-hybridized carbons (Fsp3) is 0.250. The molecule has 76 valence electrons. The van der Waals surface area contributed by atoms with Crippen molar-refractivity contribution in [2.24, 2.45) is 0 Å². The van der Waals surface area contributed by atoms with E-state index in [9.17, 15) is 0 Å². The van der Waals surface area contributed by atoms with E-state index < -0.39 is 0 Å². The van der Waals surface area contributed by atoms with Gasteiger partial charge in [-0.25, -0.2) is 4.52 Å². The van der Waals surface area contributed by atoms with Crippen molar-refractivity contribution in [3.8, 4) is 11.8 Å². The first-order chi connectivity index (χ1) is 7.42. The molecule has 2 aromatic heterocycles. The van der Waals surface area contributed by atoms with Crippen LogP contribution in [0, 0.1) is 11.8 Å². The van der Waals surface area contributed by atoms with Crippen LogP contribution in [0.2, 0.25) is 0 Å². The fourth-order valence-corrected chi connectivity index (χ4v) is 1.47. The lowest BCUT2D eigenvalue weighted by Gasteiger charge is -1.98. The van der Waals surface area contributed by atoms with Gasteiger partial charge in [-0.2, -0.15) is 5.10 Å². The van der Waals surface area contributed by atoms with Crippen molar-refractivity contribution in [1.82, 2.24) is 14.9 Å². The summed E-state index contributed by atoms with van der Waals surface area (Å²) in [4.78, 5) is 0. The molecule has 0 atom stereocenters. The van der Waals surface area contributed by atoms with Crippen LogP contribution in [0.5, 0.6) is 0 Å². The van der Waals surface area contributed by atoms with Crippen LogP contribution in [-0.2, 0) is 6.54 Å². The largest absolute Gasteiger partial charge is 0.302 e. The van der Waals surface area contributed by atoms with Gasteiger partial charge in [-0.05, 0) is 19.1 Å². The highest BCUT2D eigenvalue weighted by Gasteiger charge is 2.00. The average molecular weight is 199 g/mol. The third kappa shape index (κ3) is 2.17. The molecule has 0 radical (unpaired) electrons. The number of aromatic nitrogens is 2. The van der Waals surface area contributed by atoms with Gasteiger partial charge in [0.05, 0.1) is 18.3 Å². The minimum absolute atomic E-state index is 0.723. The number of nitrogens with zero attached hydrogens (tertiary/aromatic N) is 2. The van der Waals surface area contributed by atoms with Crippen LogP contribution in [-0.4, -0.2) is 16.2 Å². The molecule has 0 spiro atoms. The maximum absolute atomic E-state index is 4.26. The monoisotopic (exact) mass is 199 g/mol. The Morgan fingerprint density at radius 3 is 3.27 bits per heavy atom. The van der Waals surface area contributed by atoms with Crippen LogP contribution < -0.4 is 5.32 Å². The van der Waals surface area contributed by atoms with E-state index in [1.165, 1.54) is 5.56 Å². The van der Waals surface area contributed by atoms with Gasteiger partial charge in [0.1, 0.15) is 0 Å². The SMILES string of the molecule is CC#CCNCc1cnn2ccccc12. The molecule has 1 N–H and O–H groups in total. The molecule has 0 aliphatic heterocycles. The number of hydrogen-bond acceptors (Lipinski definition) is 2. The lowest BCUT2D eigenvalue weighted by Crippen LogP contribution is -2.12. The fourth-order valence-electron chi connectivity index (χ4n) is 1.47. The number of hydrogen-bond donors (Lipinski definition) is 1. The predicted molar refractivity (Wildman–Crippen MR) is 60.3 cm³/mol. The van der Waals surface area contributed by atoms with Crippen molar-refractivity contribution in [1.29, 1.82) is 0 Å². The van der Waals surface area contributed by atoms with Crippen molar-refractivity contribution in [2.75, 3.05) is 6.54 Å². The molecule has 0 saturated heterocycles. The van der Waals surface area contributed by atoms with Gasteiger partial charge in [-0.1, -0.05) is 12.0 Å². The van der Waals surface area contributed by atoms with Crippen LogP contribution in [0.4, 0.5) is 0 Å². The summed E-state index contributed by atoms with van der Waals surface area (Å²) in [5.41, 5.74) is 2.35. The average Bonchev–Trinajstić information content (AvgIpc) is 2.68. The second-order valence-electron chi connectivity index (χ2n) is 3.23. The van der Waals surface area contributed by atoms with Crippen LogP contribution in [0.3, 0.4) is 0 Å². The minimum Gasteiger partial charge on any atom is -0.302 e. The number of pyridine rings is 1. The Kier molecular flexibility index (Phi) is 3.01. The normalized spacial score (nSPS) is 9.93. The summed E-state index contributed by atoms with van der Waals surface area (Å²) in [5, 5.41) is 7.51. The summed E-state index contributed by atoms with van der Waals surface area (Å²) in [5.74, 6) is 5.82. The van der Waals surface area contributed by atoms with Crippen LogP contribution in [0.15, 0.2) is 30.6 Å². The highest BCUT2D eigenvalue weighted by Crippen LogP contribution is 2.08. The van der Waals surface area contributed by atoms with E-state index in [2.05, 4.69) is 28.3 Å². The Balaban J connectivity index is 2.10. The van der Waals surface area contributed by atoms with Crippen LogP contribution in [0.25, 0.3) is 5.52 Å². The summed E-state index contributed by atoms with van der Waals surface area (Å²) in [7, 11) is 0. The summed E-state index contributed by atoms with van der Waals surface area (Å²) in [6.07, 6.45) is 3.84. The molecule has 0 saturated carbocycles. The summed E-state index contributed by atoms with van der Waals surface area (Å²) in [6.45, 7) is 3.37. The Morgan fingerprint density at radius 2 is 2.40 bits per heavy atom. The maximum atomic E-state index is 4.26. The van der Waals surface area contributed by atoms with Gasteiger partial charge >= 0.3 is 0 Å². The first kappa shape index (κ1) is 9.75. The number of rotatable bonds is 3. The quantitative estimate of drug-likeness (QED) is 0.599. The lowest BCUT2D eigenvalue weighted by atomic mass is 10.2. The Labute approximate surface area is 89.1 Å². The first-order valence-corrected chi connectivity index (χ1v) is 4.93. The standard InChI is InChI=1S/C12H13N3/c1-2-3-7-13-9-11-10-14-15-8-5-4-6-12(11)15/h4-6,8,10,13H,7,9H2,1H3. The molecule has 3 nitrogen and oxygen atoms in total. The number of nitrogens with one attached hydrogen (secondary N) is 1. The first-order valence-electron chi connectivity index (χ1n) is 4.93. The van der Waals surface area contributed by atoms with Crippen molar-refractivity contribution < 1.29 is 0 Å². The maximum Gasteiger partial charge on any atom is 0.0706 e. The molecule has 0 amide bonds. The highest BCUT2D eigenvalue weighted by molar-refractivity contribution is 5.53. The third-order valence-electron chi connectivity index (χ3n) is 2.21. The van der Waals surface area contributed by atoms with E-state index in [1.54, 1.807) is 0 Å². The smallest absolute Gasteiger partial charge is 0.0706 e. The van der Waals surface area contributed by atoms with E-state index in [-0.39, 0.29) is 0 Å². The molecule has 2 heterocycles. The van der Waals surface area contributed by atoms with E-state index >= 15 is 0 Å². The molecule has 2 aromatic rings. The molecule has 2 rings (SSSR count). The van der Waals surface area contributed by atoms with Crippen molar-refractivity contribution in [2.45, 2.75) is 13.5 Å². The van der Waals surface area contributed by atoms with Gasteiger partial charge in [0, 0.05) is 18.3 Å². The van der Waals surface area contributed by atoms with Gasteiger partial charge in [-0.15, -0.1) is 5.92 Å². The molecule has 3 heteroatoms. The second-order valence-corrected chi connectivity index (χ2v) is 3.23. The predicted octanol–water partition coefficient (Wildman–Crippen LogP) is 1.45. The zero-order chi connectivity index (χ0) is 10.5. The van der Waals surface area contributed by atoms with E-state index in [4.69, 9.17) is 0 Å². The van der Waals surface area contributed by atoms with Crippen LogP contribution >= 0.6 is 0 Å².